The molecule has 0 aliphatic carbocycles. The van der Waals surface area contributed by atoms with Gasteiger partial charge in [-0.3, -0.25) is 0 Å². The third-order valence-corrected chi connectivity index (χ3v) is 9.67. The van der Waals surface area contributed by atoms with Gasteiger partial charge < -0.3 is 0 Å². The summed E-state index contributed by atoms with van der Waals surface area (Å²) in [7, 11) is -3.48. The molecule has 0 spiro atoms. The van der Waals surface area contributed by atoms with Crippen LogP contribution < -0.4 is 0 Å². The maximum Gasteiger partial charge on any atom is 0.179 e. The number of sulfone groups is 1. The van der Waals surface area contributed by atoms with E-state index in [-0.39, 0.29) is 20.9 Å². The van der Waals surface area contributed by atoms with E-state index in [4.69, 9.17) is 23.2 Å². The molecule has 0 heterocycles. The predicted molar refractivity (Wildman–Crippen MR) is 142 cm³/mol. The predicted octanol–water partition coefficient (Wildman–Crippen LogP) is 9.16. The molecule has 0 bridgehead atoms. The van der Waals surface area contributed by atoms with Gasteiger partial charge in [0.25, 0.3) is 0 Å². The molecule has 32 heavy (non-hydrogen) atoms. The Morgan fingerprint density at radius 2 is 1.38 bits per heavy atom. The van der Waals surface area contributed by atoms with Crippen LogP contribution in [0, 0.1) is 0 Å². The molecule has 0 saturated carbocycles. The second-order valence-corrected chi connectivity index (χ2v) is 12.5. The van der Waals surface area contributed by atoms with Crippen LogP contribution in [0.1, 0.15) is 81.9 Å². The Kier molecular flexibility index (Phi) is 13.1. The minimum atomic E-state index is -3.48. The second kappa shape index (κ2) is 15.3. The summed E-state index contributed by atoms with van der Waals surface area (Å²) < 4.78 is 26.1. The molecule has 2 nitrogen and oxygen atoms in total. The topological polar surface area (TPSA) is 34.1 Å². The maximum absolute atomic E-state index is 13.1. The molecule has 0 amide bonds. The van der Waals surface area contributed by atoms with E-state index in [9.17, 15) is 8.42 Å². The third kappa shape index (κ3) is 10.1. The summed E-state index contributed by atoms with van der Waals surface area (Å²) in [5, 5.41) is 0.525. The molecule has 2 aromatic rings. The highest BCUT2D eigenvalue weighted by Gasteiger charge is 2.23. The van der Waals surface area contributed by atoms with Crippen molar-refractivity contribution in [3.8, 4) is 0 Å². The number of halogens is 2. The van der Waals surface area contributed by atoms with Gasteiger partial charge in [0, 0.05) is 5.25 Å². The largest absolute Gasteiger partial charge is 0.224 e. The molecule has 2 aromatic carbocycles. The highest BCUT2D eigenvalue weighted by Crippen LogP contribution is 2.34. The summed E-state index contributed by atoms with van der Waals surface area (Å²) in [5.41, 5.74) is 1.05. The average Bonchev–Trinajstić information content (AvgIpc) is 2.79. The molecule has 1 atom stereocenters. The Morgan fingerprint density at radius 3 is 1.97 bits per heavy atom. The van der Waals surface area contributed by atoms with Gasteiger partial charge in [0.15, 0.2) is 9.84 Å². The zero-order valence-electron chi connectivity index (χ0n) is 19.1. The Hall–Kier alpha value is -0.680. The zero-order valence-corrected chi connectivity index (χ0v) is 22.2. The molecule has 0 radical (unpaired) electrons. The molecule has 0 aliphatic heterocycles. The molecule has 0 fully saturated rings. The minimum Gasteiger partial charge on any atom is -0.224 e. The number of hydrogen-bond acceptors (Lipinski definition) is 3. The van der Waals surface area contributed by atoms with E-state index < -0.39 is 9.84 Å². The van der Waals surface area contributed by atoms with Crippen LogP contribution in [0.2, 0.25) is 10.0 Å². The normalized spacial score (nSPS) is 12.7. The van der Waals surface area contributed by atoms with Crippen LogP contribution in [0.5, 0.6) is 0 Å². The van der Waals surface area contributed by atoms with Gasteiger partial charge in [0.05, 0.1) is 20.7 Å². The van der Waals surface area contributed by atoms with Crippen molar-refractivity contribution in [3.63, 3.8) is 0 Å². The first-order valence-electron chi connectivity index (χ1n) is 11.8. The fraction of sp³-hybridized carbons (Fsp3) is 0.538. The number of hydrogen-bond donors (Lipinski definition) is 0. The smallest absolute Gasteiger partial charge is 0.179 e. The van der Waals surface area contributed by atoms with Gasteiger partial charge in [-0.2, -0.15) is 11.8 Å². The average molecular weight is 516 g/mol. The molecule has 6 heteroatoms. The van der Waals surface area contributed by atoms with Crippen molar-refractivity contribution >= 4 is 44.8 Å². The van der Waals surface area contributed by atoms with E-state index >= 15 is 0 Å². The highest BCUT2D eigenvalue weighted by molar-refractivity contribution is 8.01. The fourth-order valence-electron chi connectivity index (χ4n) is 3.69. The van der Waals surface area contributed by atoms with Crippen LogP contribution >= 0.6 is 35.0 Å². The van der Waals surface area contributed by atoms with Crippen molar-refractivity contribution in [2.24, 2.45) is 0 Å². The second-order valence-electron chi connectivity index (χ2n) is 8.31. The summed E-state index contributed by atoms with van der Waals surface area (Å²) in [4.78, 5) is 0.229. The molecule has 2 rings (SSSR count). The van der Waals surface area contributed by atoms with Gasteiger partial charge in [-0.1, -0.05) is 118 Å². The van der Waals surface area contributed by atoms with Gasteiger partial charge in [0.1, 0.15) is 0 Å². The van der Waals surface area contributed by atoms with Gasteiger partial charge >= 0.3 is 0 Å². The van der Waals surface area contributed by atoms with Gasteiger partial charge in [-0.05, 0) is 35.9 Å². The van der Waals surface area contributed by atoms with Gasteiger partial charge in [0.2, 0.25) is 0 Å². The van der Waals surface area contributed by atoms with E-state index in [1.54, 1.807) is 23.9 Å². The monoisotopic (exact) mass is 514 g/mol. The van der Waals surface area contributed by atoms with E-state index in [1.807, 2.05) is 30.3 Å². The molecule has 0 saturated heterocycles. The standard InChI is InChI=1S/C26H36Cl2O2S2/c1-2-3-4-5-6-7-8-9-10-14-19-31-26(22-15-12-11-13-16-22)21-32(29,30)23-17-18-24(27)25(28)20-23/h11-13,15-18,20,26H,2-10,14,19,21H2,1H3/t26-/m1/s1. The van der Waals surface area contributed by atoms with Crippen LogP contribution in [0.4, 0.5) is 0 Å². The first-order chi connectivity index (χ1) is 15.4. The number of rotatable bonds is 16. The zero-order chi connectivity index (χ0) is 23.2. The van der Waals surface area contributed by atoms with Crippen LogP contribution in [0.3, 0.4) is 0 Å². The van der Waals surface area contributed by atoms with Crippen LogP contribution in [0.15, 0.2) is 53.4 Å². The first-order valence-corrected chi connectivity index (χ1v) is 15.2. The highest BCUT2D eigenvalue weighted by atomic mass is 35.5. The lowest BCUT2D eigenvalue weighted by Gasteiger charge is -2.18. The van der Waals surface area contributed by atoms with Crippen LogP contribution in [-0.2, 0) is 9.84 Å². The van der Waals surface area contributed by atoms with Crippen molar-refractivity contribution in [2.75, 3.05) is 11.5 Å². The molecule has 0 aromatic heterocycles. The quantitative estimate of drug-likeness (QED) is 0.209. The van der Waals surface area contributed by atoms with E-state index in [0.29, 0.717) is 5.02 Å². The van der Waals surface area contributed by atoms with Gasteiger partial charge in [-0.15, -0.1) is 0 Å². The lowest BCUT2D eigenvalue weighted by atomic mass is 10.1. The summed E-state index contributed by atoms with van der Waals surface area (Å²) in [6.07, 6.45) is 13.0. The van der Waals surface area contributed by atoms with Crippen LogP contribution in [-0.4, -0.2) is 19.9 Å². The molecule has 0 N–H and O–H groups in total. The number of thioether (sulfide) groups is 1. The van der Waals surface area contributed by atoms with E-state index in [0.717, 1.165) is 17.7 Å². The molecular weight excluding hydrogens is 479 g/mol. The number of unbranched alkanes of at least 4 members (excludes halogenated alkanes) is 9. The maximum atomic E-state index is 13.1. The third-order valence-electron chi connectivity index (χ3n) is 5.61. The van der Waals surface area contributed by atoms with Crippen molar-refractivity contribution in [1.82, 2.24) is 0 Å². The SMILES string of the molecule is CCCCCCCCCCCCS[C@H](CS(=O)(=O)c1ccc(Cl)c(Cl)c1)c1ccccc1. The van der Waals surface area contributed by atoms with E-state index in [1.165, 1.54) is 63.9 Å². The summed E-state index contributed by atoms with van der Waals surface area (Å²) >= 11 is 13.8. The number of benzene rings is 2. The van der Waals surface area contributed by atoms with Crippen molar-refractivity contribution < 1.29 is 8.42 Å². The summed E-state index contributed by atoms with van der Waals surface area (Å²) in [5.74, 6) is 1.02. The Balaban J connectivity index is 1.83. The lowest BCUT2D eigenvalue weighted by Crippen LogP contribution is -2.13. The summed E-state index contributed by atoms with van der Waals surface area (Å²) in [6.45, 7) is 2.25. The van der Waals surface area contributed by atoms with Crippen molar-refractivity contribution in [1.29, 1.82) is 0 Å². The van der Waals surface area contributed by atoms with Gasteiger partial charge in [-0.25, -0.2) is 8.42 Å². The lowest BCUT2D eigenvalue weighted by molar-refractivity contribution is 0.563. The summed E-state index contributed by atoms with van der Waals surface area (Å²) in [6, 6.07) is 14.5. The van der Waals surface area contributed by atoms with E-state index in [2.05, 4.69) is 6.92 Å². The Morgan fingerprint density at radius 1 is 0.781 bits per heavy atom. The Labute approximate surface area is 209 Å². The minimum absolute atomic E-state index is 0.0530. The Bertz CT molecular complexity index is 886. The fourth-order valence-corrected chi connectivity index (χ4v) is 7.34. The molecular formula is C26H36Cl2O2S2. The van der Waals surface area contributed by atoms with Crippen LogP contribution in [0.25, 0.3) is 0 Å². The molecule has 178 valence electrons. The molecule has 0 aliphatic rings. The van der Waals surface area contributed by atoms with Crippen molar-refractivity contribution in [3.05, 3.63) is 64.1 Å². The molecule has 0 unspecified atom stereocenters. The first kappa shape index (κ1) is 27.6. The van der Waals surface area contributed by atoms with Crippen molar-refractivity contribution in [2.45, 2.75) is 81.3 Å².